The topological polar surface area (TPSA) is 97.3 Å². The van der Waals surface area contributed by atoms with Crippen molar-refractivity contribution in [2.75, 3.05) is 17.2 Å². The molecule has 0 saturated carbocycles. The average molecular weight is 453 g/mol. The second kappa shape index (κ2) is 9.57. The van der Waals surface area contributed by atoms with Crippen LogP contribution in [0.15, 0.2) is 30.5 Å². The Hall–Kier alpha value is -3.45. The van der Waals surface area contributed by atoms with Crippen LogP contribution in [-0.2, 0) is 7.05 Å². The summed E-state index contributed by atoms with van der Waals surface area (Å²) in [5.41, 5.74) is 0.158. The molecular weight excluding hydrogens is 436 g/mol. The van der Waals surface area contributed by atoms with Crippen molar-refractivity contribution in [2.24, 2.45) is 7.05 Å². The number of halogens is 6. The minimum absolute atomic E-state index is 0.0301. The summed E-state index contributed by atoms with van der Waals surface area (Å²) in [6.45, 7) is -0.206. The monoisotopic (exact) mass is 453 g/mol. The van der Waals surface area contributed by atoms with Gasteiger partial charge in [-0.05, 0) is 30.7 Å². The first-order valence-electron chi connectivity index (χ1n) is 8.64. The number of carbonyl (C=O) groups excluding carboxylic acids is 2. The van der Waals surface area contributed by atoms with Gasteiger partial charge in [-0.1, -0.05) is 0 Å². The lowest BCUT2D eigenvalue weighted by molar-refractivity contribution is -0.274. The van der Waals surface area contributed by atoms with Gasteiger partial charge in [-0.15, -0.1) is 13.2 Å². The third kappa shape index (κ3) is 8.44. The first-order chi connectivity index (χ1) is 14.3. The number of amides is 3. The van der Waals surface area contributed by atoms with Crippen LogP contribution in [0.1, 0.15) is 23.5 Å². The zero-order valence-electron chi connectivity index (χ0n) is 15.9. The highest BCUT2D eigenvalue weighted by Crippen LogP contribution is 2.24. The lowest BCUT2D eigenvalue weighted by atomic mass is 10.3. The number of hydrogen-bond acceptors (Lipinski definition) is 4. The molecule has 31 heavy (non-hydrogen) atoms. The molecule has 3 amide bonds. The minimum atomic E-state index is -4.84. The Labute approximate surface area is 171 Å². The summed E-state index contributed by atoms with van der Waals surface area (Å²) in [7, 11) is 1.44. The summed E-state index contributed by atoms with van der Waals surface area (Å²) < 4.78 is 77.7. The second-order valence-electron chi connectivity index (χ2n) is 6.19. The highest BCUT2D eigenvalue weighted by atomic mass is 19.4. The van der Waals surface area contributed by atoms with Gasteiger partial charge < -0.3 is 19.9 Å². The zero-order chi connectivity index (χ0) is 23.2. The van der Waals surface area contributed by atoms with Crippen LogP contribution in [0, 0.1) is 0 Å². The molecule has 1 aromatic heterocycles. The van der Waals surface area contributed by atoms with Gasteiger partial charge in [0.05, 0.1) is 0 Å². The zero-order valence-corrected chi connectivity index (χ0v) is 15.9. The molecule has 14 heteroatoms. The lowest BCUT2D eigenvalue weighted by Gasteiger charge is -2.10. The molecule has 3 N–H and O–H groups in total. The van der Waals surface area contributed by atoms with E-state index in [0.29, 0.717) is 0 Å². The molecule has 8 nitrogen and oxygen atoms in total. The Bertz CT molecular complexity index is 908. The molecule has 0 saturated heterocycles. The Kier molecular flexibility index (Phi) is 7.36. The molecule has 1 aromatic carbocycles. The van der Waals surface area contributed by atoms with Gasteiger partial charge in [-0.3, -0.25) is 10.1 Å². The van der Waals surface area contributed by atoms with E-state index in [2.05, 4.69) is 25.7 Å². The van der Waals surface area contributed by atoms with Crippen molar-refractivity contribution in [3.8, 4) is 5.75 Å². The van der Waals surface area contributed by atoms with Crippen molar-refractivity contribution < 1.29 is 40.7 Å². The normalized spacial score (nSPS) is 11.7. The largest absolute Gasteiger partial charge is 0.573 e. The predicted octanol–water partition coefficient (Wildman–Crippen LogP) is 4.04. The quantitative estimate of drug-likeness (QED) is 0.436. The Morgan fingerprint density at radius 2 is 1.71 bits per heavy atom. The van der Waals surface area contributed by atoms with E-state index >= 15 is 0 Å². The van der Waals surface area contributed by atoms with Crippen LogP contribution in [0.4, 0.5) is 42.6 Å². The van der Waals surface area contributed by atoms with Crippen molar-refractivity contribution in [1.29, 1.82) is 0 Å². The number of alkyl halides is 6. The summed E-state index contributed by atoms with van der Waals surface area (Å²) >= 11 is 0. The van der Waals surface area contributed by atoms with Crippen molar-refractivity contribution in [2.45, 2.75) is 25.4 Å². The first-order valence-corrected chi connectivity index (χ1v) is 8.64. The third-order valence-electron chi connectivity index (χ3n) is 3.59. The van der Waals surface area contributed by atoms with E-state index in [9.17, 15) is 35.9 Å². The SMILES string of the molecule is Cn1cc(NC(=O)Nc2ccc(OC(F)(F)F)cc2)nc1C(=O)NCCCC(F)(F)F. The number of aromatic nitrogens is 2. The smallest absolute Gasteiger partial charge is 0.406 e. The number of aryl methyl sites for hydroxylation is 1. The molecule has 0 spiro atoms. The summed E-state index contributed by atoms with van der Waals surface area (Å²) in [5.74, 6) is -1.36. The number of urea groups is 1. The van der Waals surface area contributed by atoms with E-state index in [1.807, 2.05) is 0 Å². The van der Waals surface area contributed by atoms with Crippen LogP contribution in [0.5, 0.6) is 5.75 Å². The number of imidazole rings is 1. The van der Waals surface area contributed by atoms with Gasteiger partial charge in [0.2, 0.25) is 5.82 Å². The van der Waals surface area contributed by atoms with Gasteiger partial charge in [-0.2, -0.15) is 13.2 Å². The number of carbonyl (C=O) groups is 2. The molecule has 0 fully saturated rings. The average Bonchev–Trinajstić information content (AvgIpc) is 2.98. The van der Waals surface area contributed by atoms with Crippen molar-refractivity contribution in [3.05, 3.63) is 36.3 Å². The number of rotatable bonds is 7. The maximum atomic E-state index is 12.1. The van der Waals surface area contributed by atoms with Gasteiger partial charge >= 0.3 is 18.6 Å². The molecule has 2 aromatic rings. The van der Waals surface area contributed by atoms with E-state index in [0.717, 1.165) is 12.1 Å². The Balaban J connectivity index is 1.88. The summed E-state index contributed by atoms with van der Waals surface area (Å²) in [4.78, 5) is 27.9. The van der Waals surface area contributed by atoms with Gasteiger partial charge in [0.15, 0.2) is 5.82 Å². The molecule has 0 aliphatic rings. The molecule has 0 atom stereocenters. The molecule has 2 rings (SSSR count). The predicted molar refractivity (Wildman–Crippen MR) is 96.6 cm³/mol. The van der Waals surface area contributed by atoms with Crippen LogP contribution >= 0.6 is 0 Å². The van der Waals surface area contributed by atoms with Gasteiger partial charge in [-0.25, -0.2) is 9.78 Å². The fourth-order valence-corrected chi connectivity index (χ4v) is 2.33. The maximum Gasteiger partial charge on any atom is 0.573 e. The third-order valence-corrected chi connectivity index (χ3v) is 3.59. The van der Waals surface area contributed by atoms with Crippen LogP contribution < -0.4 is 20.7 Å². The van der Waals surface area contributed by atoms with E-state index in [-0.39, 0.29) is 30.3 Å². The van der Waals surface area contributed by atoms with E-state index in [1.165, 1.54) is 29.9 Å². The maximum absolute atomic E-state index is 12.1. The fraction of sp³-hybridized carbons (Fsp3) is 0.353. The molecular formula is C17H17F6N5O3. The fourth-order valence-electron chi connectivity index (χ4n) is 2.33. The number of hydrogen-bond donors (Lipinski definition) is 3. The Morgan fingerprint density at radius 1 is 1.06 bits per heavy atom. The highest BCUT2D eigenvalue weighted by Gasteiger charge is 2.31. The highest BCUT2D eigenvalue weighted by molar-refractivity contribution is 5.99. The molecule has 0 aliphatic carbocycles. The van der Waals surface area contributed by atoms with Gasteiger partial charge in [0.25, 0.3) is 5.91 Å². The lowest BCUT2D eigenvalue weighted by Crippen LogP contribution is -2.28. The number of nitrogens with one attached hydrogen (secondary N) is 3. The first kappa shape index (κ1) is 23.8. The van der Waals surface area contributed by atoms with Crippen LogP contribution in [0.2, 0.25) is 0 Å². The second-order valence-corrected chi connectivity index (χ2v) is 6.19. The van der Waals surface area contributed by atoms with Crippen LogP contribution in [0.25, 0.3) is 0 Å². The van der Waals surface area contributed by atoms with E-state index in [1.54, 1.807) is 0 Å². The van der Waals surface area contributed by atoms with Crippen molar-refractivity contribution in [1.82, 2.24) is 14.9 Å². The molecule has 170 valence electrons. The van der Waals surface area contributed by atoms with Crippen molar-refractivity contribution in [3.63, 3.8) is 0 Å². The standard InChI is InChI=1S/C17H17F6N5O3/c1-28-9-12(26-13(28)14(29)24-8-2-7-16(18,19)20)27-15(30)25-10-3-5-11(6-4-10)31-17(21,22)23/h3-6,9H,2,7-8H2,1H3,(H,24,29)(H2,25,27,30). The van der Waals surface area contributed by atoms with E-state index in [4.69, 9.17) is 0 Å². The summed E-state index contributed by atoms with van der Waals surface area (Å²) in [5, 5.41) is 6.97. The van der Waals surface area contributed by atoms with Crippen molar-refractivity contribution >= 4 is 23.4 Å². The molecule has 1 heterocycles. The van der Waals surface area contributed by atoms with Crippen LogP contribution in [0.3, 0.4) is 0 Å². The summed E-state index contributed by atoms with van der Waals surface area (Å²) in [6, 6.07) is 3.58. The Morgan fingerprint density at radius 3 is 2.29 bits per heavy atom. The molecule has 0 unspecified atom stereocenters. The van der Waals surface area contributed by atoms with Crippen LogP contribution in [-0.4, -0.2) is 40.6 Å². The molecule has 0 bridgehead atoms. The van der Waals surface area contributed by atoms with E-state index < -0.39 is 36.6 Å². The van der Waals surface area contributed by atoms with Gasteiger partial charge in [0.1, 0.15) is 5.75 Å². The number of benzene rings is 1. The number of anilines is 2. The molecule has 0 radical (unpaired) electrons. The number of ether oxygens (including phenoxy) is 1. The number of nitrogens with zero attached hydrogens (tertiary/aromatic N) is 2. The summed E-state index contributed by atoms with van der Waals surface area (Å²) in [6.07, 6.45) is -9.19. The molecule has 0 aliphatic heterocycles. The van der Waals surface area contributed by atoms with Gasteiger partial charge in [0, 0.05) is 31.9 Å². The minimum Gasteiger partial charge on any atom is -0.406 e.